The van der Waals surface area contributed by atoms with Crippen molar-refractivity contribution in [2.75, 3.05) is 14.1 Å². The molecule has 1 N–H and O–H groups in total. The number of hydrogen-bond acceptors (Lipinski definition) is 3. The zero-order valence-electron chi connectivity index (χ0n) is 14.9. The first-order valence-electron chi connectivity index (χ1n) is 8.45. The monoisotopic (exact) mass is 376 g/mol. The molecule has 6 heteroatoms. The quantitative estimate of drug-likeness (QED) is 0.566. The van der Waals surface area contributed by atoms with Crippen molar-refractivity contribution in [3.05, 3.63) is 71.4 Å². The number of nitrogens with one attached hydrogen (secondary N) is 1. The summed E-state index contributed by atoms with van der Waals surface area (Å²) in [6, 6.07) is 17.1. The van der Waals surface area contributed by atoms with Gasteiger partial charge < -0.3 is 4.90 Å². The lowest BCUT2D eigenvalue weighted by Crippen LogP contribution is -2.21. The van der Waals surface area contributed by atoms with E-state index in [0.717, 1.165) is 27.8 Å². The normalized spacial score (nSPS) is 10.9. The minimum atomic E-state index is -0.0217. The maximum Gasteiger partial charge on any atom is 0.253 e. The van der Waals surface area contributed by atoms with Crippen molar-refractivity contribution >= 4 is 28.5 Å². The molecule has 0 unspecified atom stereocenters. The number of rotatable bonds is 3. The van der Waals surface area contributed by atoms with E-state index in [1.807, 2.05) is 54.6 Å². The van der Waals surface area contributed by atoms with Crippen molar-refractivity contribution in [1.82, 2.24) is 20.1 Å². The number of aromatic nitrogens is 3. The van der Waals surface area contributed by atoms with Crippen LogP contribution in [0.1, 0.15) is 10.4 Å². The van der Waals surface area contributed by atoms with E-state index in [0.29, 0.717) is 16.2 Å². The Balaban J connectivity index is 1.84. The van der Waals surface area contributed by atoms with Crippen molar-refractivity contribution in [2.24, 2.45) is 0 Å². The summed E-state index contributed by atoms with van der Waals surface area (Å²) >= 11 is 6.01. The van der Waals surface area contributed by atoms with Gasteiger partial charge in [0.1, 0.15) is 0 Å². The highest BCUT2D eigenvalue weighted by atomic mass is 35.5. The molecule has 4 aromatic rings. The summed E-state index contributed by atoms with van der Waals surface area (Å²) in [4.78, 5) is 18.1. The minimum absolute atomic E-state index is 0.0217. The van der Waals surface area contributed by atoms with Crippen molar-refractivity contribution in [3.8, 4) is 22.4 Å². The Labute approximate surface area is 161 Å². The molecule has 5 nitrogen and oxygen atoms in total. The third-order valence-corrected chi connectivity index (χ3v) is 4.69. The lowest BCUT2D eigenvalue weighted by atomic mass is 9.98. The number of carbonyl (C=O) groups is 1. The average Bonchev–Trinajstić information content (AvgIpc) is 3.12. The molecule has 134 valence electrons. The van der Waals surface area contributed by atoms with Crippen LogP contribution < -0.4 is 0 Å². The first-order valence-corrected chi connectivity index (χ1v) is 8.83. The molecule has 2 aromatic carbocycles. The number of aromatic amines is 1. The van der Waals surface area contributed by atoms with E-state index >= 15 is 0 Å². The van der Waals surface area contributed by atoms with Gasteiger partial charge in [-0.15, -0.1) is 0 Å². The van der Waals surface area contributed by atoms with Crippen LogP contribution in [0.3, 0.4) is 0 Å². The van der Waals surface area contributed by atoms with Gasteiger partial charge in [0.15, 0.2) is 5.65 Å². The largest absolute Gasteiger partial charge is 0.345 e. The molecule has 0 aliphatic heterocycles. The molecular weight excluding hydrogens is 360 g/mol. The highest BCUT2D eigenvalue weighted by molar-refractivity contribution is 6.30. The van der Waals surface area contributed by atoms with Gasteiger partial charge in [-0.1, -0.05) is 35.9 Å². The molecule has 2 aromatic heterocycles. The number of H-pyrrole nitrogens is 1. The number of fused-ring (bicyclic) bond motifs is 1. The van der Waals surface area contributed by atoms with Gasteiger partial charge in [-0.25, -0.2) is 4.98 Å². The van der Waals surface area contributed by atoms with Gasteiger partial charge >= 0.3 is 0 Å². The molecule has 0 saturated heterocycles. The standard InChI is InChI=1S/C21H17ClN4O/c1-26(2)21(27)15-5-3-13(4-6-15)17-11-12-23-20-18(17)19(24-25-20)14-7-9-16(22)10-8-14/h3-12H,1-2H3,(H,23,24,25). The van der Waals surface area contributed by atoms with E-state index in [9.17, 15) is 4.79 Å². The van der Waals surface area contributed by atoms with Crippen LogP contribution in [0.5, 0.6) is 0 Å². The number of halogens is 1. The molecule has 0 atom stereocenters. The Kier molecular flexibility index (Phi) is 4.38. The molecule has 2 heterocycles. The first-order chi connectivity index (χ1) is 13.0. The van der Waals surface area contributed by atoms with E-state index in [1.165, 1.54) is 0 Å². The first kappa shape index (κ1) is 17.2. The number of pyridine rings is 1. The Morgan fingerprint density at radius 2 is 1.63 bits per heavy atom. The summed E-state index contributed by atoms with van der Waals surface area (Å²) in [6.07, 6.45) is 1.74. The van der Waals surface area contributed by atoms with Gasteiger partial charge in [0, 0.05) is 36.4 Å². The van der Waals surface area contributed by atoms with Crippen molar-refractivity contribution < 1.29 is 4.79 Å². The summed E-state index contributed by atoms with van der Waals surface area (Å²) in [5.41, 5.74) is 5.16. The van der Waals surface area contributed by atoms with Crippen LogP contribution >= 0.6 is 11.6 Å². The van der Waals surface area contributed by atoms with E-state index < -0.39 is 0 Å². The van der Waals surface area contributed by atoms with Crippen LogP contribution in [0.25, 0.3) is 33.4 Å². The average molecular weight is 377 g/mol. The lowest BCUT2D eigenvalue weighted by Gasteiger charge is -2.11. The predicted octanol–water partition coefficient (Wildman–Crippen LogP) is 4.65. The Bertz CT molecular complexity index is 1120. The highest BCUT2D eigenvalue weighted by Gasteiger charge is 2.15. The molecule has 0 spiro atoms. The topological polar surface area (TPSA) is 61.9 Å². The maximum atomic E-state index is 12.1. The summed E-state index contributed by atoms with van der Waals surface area (Å²) in [6.45, 7) is 0. The van der Waals surface area contributed by atoms with E-state index in [1.54, 1.807) is 25.2 Å². The van der Waals surface area contributed by atoms with Crippen LogP contribution in [0.4, 0.5) is 0 Å². The molecule has 0 aliphatic carbocycles. The van der Waals surface area contributed by atoms with Crippen LogP contribution in [-0.2, 0) is 0 Å². The Morgan fingerprint density at radius 1 is 0.963 bits per heavy atom. The van der Waals surface area contributed by atoms with E-state index in [-0.39, 0.29) is 5.91 Å². The van der Waals surface area contributed by atoms with Gasteiger partial charge in [-0.05, 0) is 41.5 Å². The fraction of sp³-hybridized carbons (Fsp3) is 0.0952. The number of nitrogens with zero attached hydrogens (tertiary/aromatic N) is 3. The SMILES string of the molecule is CN(C)C(=O)c1ccc(-c2ccnc3n[nH]c(-c4ccc(Cl)cc4)c23)cc1. The fourth-order valence-corrected chi connectivity index (χ4v) is 3.19. The summed E-state index contributed by atoms with van der Waals surface area (Å²) in [5, 5.41) is 9.05. The number of amides is 1. The third-order valence-electron chi connectivity index (χ3n) is 4.44. The van der Waals surface area contributed by atoms with E-state index in [4.69, 9.17) is 11.6 Å². The van der Waals surface area contributed by atoms with Crippen molar-refractivity contribution in [1.29, 1.82) is 0 Å². The lowest BCUT2D eigenvalue weighted by molar-refractivity contribution is 0.0827. The summed E-state index contributed by atoms with van der Waals surface area (Å²) in [5.74, 6) is -0.0217. The molecule has 0 bridgehead atoms. The van der Waals surface area contributed by atoms with Crippen molar-refractivity contribution in [2.45, 2.75) is 0 Å². The van der Waals surface area contributed by atoms with Gasteiger partial charge in [0.2, 0.25) is 0 Å². The predicted molar refractivity (Wildman–Crippen MR) is 108 cm³/mol. The molecule has 0 aliphatic rings. The van der Waals surface area contributed by atoms with Gasteiger partial charge in [0.05, 0.1) is 11.1 Å². The maximum absolute atomic E-state index is 12.1. The fourth-order valence-electron chi connectivity index (χ4n) is 3.06. The summed E-state index contributed by atoms with van der Waals surface area (Å²) in [7, 11) is 3.49. The number of hydrogen-bond donors (Lipinski definition) is 1. The molecule has 0 saturated carbocycles. The number of carbonyl (C=O) groups excluding carboxylic acids is 1. The zero-order chi connectivity index (χ0) is 19.0. The zero-order valence-corrected chi connectivity index (χ0v) is 15.7. The third kappa shape index (κ3) is 3.17. The molecule has 0 radical (unpaired) electrons. The van der Waals surface area contributed by atoms with Gasteiger partial charge in [0.25, 0.3) is 5.91 Å². The molecular formula is C21H17ClN4O. The Morgan fingerprint density at radius 3 is 2.30 bits per heavy atom. The van der Waals surface area contributed by atoms with Gasteiger partial charge in [-0.3, -0.25) is 9.89 Å². The molecule has 4 rings (SSSR count). The highest BCUT2D eigenvalue weighted by Crippen LogP contribution is 2.34. The molecule has 27 heavy (non-hydrogen) atoms. The van der Waals surface area contributed by atoms with Crippen molar-refractivity contribution in [3.63, 3.8) is 0 Å². The van der Waals surface area contributed by atoms with Crippen LogP contribution in [0, 0.1) is 0 Å². The molecule has 1 amide bonds. The second-order valence-corrected chi connectivity index (χ2v) is 6.88. The summed E-state index contributed by atoms with van der Waals surface area (Å²) < 4.78 is 0. The van der Waals surface area contributed by atoms with Crippen LogP contribution in [0.15, 0.2) is 60.8 Å². The smallest absolute Gasteiger partial charge is 0.253 e. The van der Waals surface area contributed by atoms with E-state index in [2.05, 4.69) is 15.2 Å². The molecule has 0 fully saturated rings. The second kappa shape index (κ2) is 6.85. The second-order valence-electron chi connectivity index (χ2n) is 6.44. The van der Waals surface area contributed by atoms with Crippen LogP contribution in [0.2, 0.25) is 5.02 Å². The van der Waals surface area contributed by atoms with Gasteiger partial charge in [-0.2, -0.15) is 5.10 Å². The Hall–Kier alpha value is -3.18. The minimum Gasteiger partial charge on any atom is -0.345 e. The van der Waals surface area contributed by atoms with Crippen LogP contribution in [-0.4, -0.2) is 40.1 Å². The number of benzene rings is 2.